The third-order valence-corrected chi connectivity index (χ3v) is 0.681. The molecule has 1 heteroatoms. The van der Waals surface area contributed by atoms with Crippen molar-refractivity contribution in [2.45, 2.75) is 13.3 Å². The molecule has 0 heterocycles. The van der Waals surface area contributed by atoms with Gasteiger partial charge in [-0.2, -0.15) is 0 Å². The second-order valence-corrected chi connectivity index (χ2v) is 1.38. The minimum atomic E-state index is -1.32. The molecule has 0 N–H and O–H groups in total. The maximum absolute atomic E-state index is 6.93. The van der Waals surface area contributed by atoms with Crippen LogP contribution < -0.4 is 0 Å². The van der Waals surface area contributed by atoms with Crippen LogP contribution in [0.3, 0.4) is 0 Å². The van der Waals surface area contributed by atoms with Crippen molar-refractivity contribution >= 4 is 15.9 Å². The summed E-state index contributed by atoms with van der Waals surface area (Å²) in [6.45, 7) is 1.97. The Hall–Kier alpha value is 0.220. The molecule has 6 heavy (non-hydrogen) atoms. The summed E-state index contributed by atoms with van der Waals surface area (Å²) in [6, 6.07) is 0. The van der Waals surface area contributed by atoms with Crippen LogP contribution in [0.25, 0.3) is 0 Å². The largest absolute Gasteiger partial charge is 0.0883 e. The van der Waals surface area contributed by atoms with Gasteiger partial charge in [0.2, 0.25) is 0 Å². The van der Waals surface area contributed by atoms with Gasteiger partial charge in [-0.3, -0.25) is 0 Å². The Balaban J connectivity index is 3.52. The fourth-order valence-electron chi connectivity index (χ4n) is 0.162. The molecule has 0 fully saturated rings. The summed E-state index contributed by atoms with van der Waals surface area (Å²) in [6.07, 6.45) is 4.16. The van der Waals surface area contributed by atoms with E-state index in [2.05, 4.69) is 15.9 Å². The zero-order chi connectivity index (χ0) is 6.62. The van der Waals surface area contributed by atoms with Crippen LogP contribution in [0.4, 0.5) is 0 Å². The number of alkyl halides is 1. The molecule has 0 unspecified atom stereocenters. The van der Waals surface area contributed by atoms with Crippen LogP contribution in [0.2, 0.25) is 0 Å². The Kier molecular flexibility index (Phi) is 2.83. The van der Waals surface area contributed by atoms with Crippen LogP contribution in [0, 0.1) is 0 Å². The van der Waals surface area contributed by atoms with E-state index in [1.807, 2.05) is 6.92 Å². The summed E-state index contributed by atoms with van der Waals surface area (Å²) >= 11 is 2.83. The van der Waals surface area contributed by atoms with Gasteiger partial charge in [-0.05, 0) is 6.42 Å². The predicted molar refractivity (Wildman–Crippen MR) is 33.2 cm³/mol. The second kappa shape index (κ2) is 5.22. The second-order valence-electron chi connectivity index (χ2n) is 0.920. The van der Waals surface area contributed by atoms with Crippen molar-refractivity contribution in [1.82, 2.24) is 0 Å². The van der Waals surface area contributed by atoms with Crippen molar-refractivity contribution in [3.05, 3.63) is 12.2 Å². The molecule has 0 radical (unpaired) electrons. The van der Waals surface area contributed by atoms with Crippen LogP contribution >= 0.6 is 15.9 Å². The first-order chi connectivity index (χ1) is 3.56. The summed E-state index contributed by atoms with van der Waals surface area (Å²) < 4.78 is 13.9. The van der Waals surface area contributed by atoms with Crippen LogP contribution in [-0.2, 0) is 0 Å². The molecule has 0 saturated heterocycles. The standard InChI is InChI=1S/C5H9Br/c1-2-3-4-5-6/h3-4H,2,5H2,1H3/i5D2. The molecule has 0 amide bonds. The third kappa shape index (κ3) is 4.22. The SMILES string of the molecule is [2H]C([2H])(Br)C=CCC. The van der Waals surface area contributed by atoms with Gasteiger partial charge >= 0.3 is 0 Å². The molecule has 0 aliphatic rings. The lowest BCUT2D eigenvalue weighted by Gasteiger charge is -1.71. The van der Waals surface area contributed by atoms with E-state index in [-0.39, 0.29) is 0 Å². The minimum absolute atomic E-state index is 0.880. The maximum atomic E-state index is 6.93. The van der Waals surface area contributed by atoms with Gasteiger partial charge in [0.1, 0.15) is 0 Å². The van der Waals surface area contributed by atoms with Gasteiger partial charge < -0.3 is 0 Å². The van der Waals surface area contributed by atoms with Crippen molar-refractivity contribution in [3.63, 3.8) is 0 Å². The number of halogens is 1. The highest BCUT2D eigenvalue weighted by Crippen LogP contribution is 1.83. The molecule has 0 rings (SSSR count). The molecule has 0 aromatic carbocycles. The van der Waals surface area contributed by atoms with Gasteiger partial charge in [-0.1, -0.05) is 35.0 Å². The van der Waals surface area contributed by atoms with Crippen molar-refractivity contribution in [2.24, 2.45) is 0 Å². The average Bonchev–Trinajstić information content (AvgIpc) is 1.59. The third-order valence-electron chi connectivity index (χ3n) is 0.417. The van der Waals surface area contributed by atoms with Crippen molar-refractivity contribution in [1.29, 1.82) is 0 Å². The Morgan fingerprint density at radius 2 is 2.50 bits per heavy atom. The minimum Gasteiger partial charge on any atom is -0.0883 e. The maximum Gasteiger partial charge on any atom is 0.0430 e. The van der Waals surface area contributed by atoms with Gasteiger partial charge in [0.15, 0.2) is 0 Å². The molecule has 0 nitrogen and oxygen atoms in total. The summed E-state index contributed by atoms with van der Waals surface area (Å²) in [5.41, 5.74) is 0. The monoisotopic (exact) mass is 150 g/mol. The summed E-state index contributed by atoms with van der Waals surface area (Å²) in [4.78, 5) is 0. The lowest BCUT2D eigenvalue weighted by molar-refractivity contribution is 1.22. The molecule has 0 aliphatic carbocycles. The van der Waals surface area contributed by atoms with Gasteiger partial charge in [0.05, 0.1) is 0 Å². The number of allylic oxidation sites excluding steroid dienone is 2. The predicted octanol–water partition coefficient (Wildman–Crippen LogP) is 2.35. The van der Waals surface area contributed by atoms with E-state index in [1.165, 1.54) is 6.08 Å². The van der Waals surface area contributed by atoms with Crippen molar-refractivity contribution < 1.29 is 2.74 Å². The Morgan fingerprint density at radius 3 is 2.67 bits per heavy atom. The Bertz CT molecular complexity index is 82.9. The molecule has 0 aromatic rings. The van der Waals surface area contributed by atoms with E-state index >= 15 is 0 Å². The van der Waals surface area contributed by atoms with Crippen molar-refractivity contribution in [3.8, 4) is 0 Å². The number of rotatable bonds is 2. The topological polar surface area (TPSA) is 0 Å². The molecule has 0 spiro atoms. The molecule has 0 aromatic heterocycles. The van der Waals surface area contributed by atoms with E-state index in [4.69, 9.17) is 2.74 Å². The van der Waals surface area contributed by atoms with E-state index in [9.17, 15) is 0 Å². The first kappa shape index (κ1) is 3.25. The molecule has 0 bridgehead atoms. The summed E-state index contributed by atoms with van der Waals surface area (Å²) in [5, 5.41) is -1.32. The molecular weight excluding hydrogens is 140 g/mol. The first-order valence-electron chi connectivity index (χ1n) is 2.93. The zero-order valence-corrected chi connectivity index (χ0v) is 5.33. The molecular formula is C5H9Br. The lowest BCUT2D eigenvalue weighted by Crippen LogP contribution is -1.55. The highest BCUT2D eigenvalue weighted by Gasteiger charge is 1.61. The quantitative estimate of drug-likeness (QED) is 0.419. The van der Waals surface area contributed by atoms with Crippen LogP contribution in [0.15, 0.2) is 12.2 Å². The van der Waals surface area contributed by atoms with Crippen molar-refractivity contribution in [2.75, 3.05) is 5.28 Å². The Morgan fingerprint density at radius 1 is 1.83 bits per heavy atom. The van der Waals surface area contributed by atoms with E-state index < -0.39 is 5.28 Å². The smallest absolute Gasteiger partial charge is 0.0430 e. The van der Waals surface area contributed by atoms with Crippen LogP contribution in [-0.4, -0.2) is 5.28 Å². The van der Waals surface area contributed by atoms with Crippen LogP contribution in [0.5, 0.6) is 0 Å². The Labute approximate surface area is 50.2 Å². The average molecular weight is 151 g/mol. The molecule has 0 saturated carbocycles. The fourth-order valence-corrected chi connectivity index (χ4v) is 0.349. The highest BCUT2D eigenvalue weighted by atomic mass is 79.9. The van der Waals surface area contributed by atoms with Gasteiger partial charge in [-0.25, -0.2) is 0 Å². The van der Waals surface area contributed by atoms with E-state index in [0.717, 1.165) is 6.42 Å². The summed E-state index contributed by atoms with van der Waals surface area (Å²) in [7, 11) is 0. The first-order valence-corrected chi connectivity index (χ1v) is 2.72. The molecule has 0 atom stereocenters. The lowest BCUT2D eigenvalue weighted by atomic mass is 10.4. The van der Waals surface area contributed by atoms with Gasteiger partial charge in [0, 0.05) is 8.02 Å². The zero-order valence-electron chi connectivity index (χ0n) is 5.74. The van der Waals surface area contributed by atoms with Gasteiger partial charge in [-0.15, -0.1) is 0 Å². The van der Waals surface area contributed by atoms with Gasteiger partial charge in [0.25, 0.3) is 0 Å². The fraction of sp³-hybridized carbons (Fsp3) is 0.600. The number of hydrogen-bond donors (Lipinski definition) is 0. The molecule has 36 valence electrons. The molecule has 0 aliphatic heterocycles. The van der Waals surface area contributed by atoms with Crippen LogP contribution in [0.1, 0.15) is 16.1 Å². The number of hydrogen-bond acceptors (Lipinski definition) is 0. The summed E-state index contributed by atoms with van der Waals surface area (Å²) in [5.74, 6) is 0. The van der Waals surface area contributed by atoms with E-state index in [0.29, 0.717) is 0 Å². The normalized spacial score (nSPS) is 17.7. The van der Waals surface area contributed by atoms with E-state index in [1.54, 1.807) is 6.08 Å². The highest BCUT2D eigenvalue weighted by molar-refractivity contribution is 9.09.